The highest BCUT2D eigenvalue weighted by atomic mass is 35.5. The number of aryl methyl sites for hydroxylation is 1. The minimum absolute atomic E-state index is 0. The second-order valence-electron chi connectivity index (χ2n) is 5.20. The highest BCUT2D eigenvalue weighted by Crippen LogP contribution is 2.28. The molecule has 1 unspecified atom stereocenters. The number of nitrogens with two attached hydrogens (primary N) is 1. The van der Waals surface area contributed by atoms with Crippen LogP contribution in [0.2, 0.25) is 0 Å². The smallest absolute Gasteiger partial charge is 0.241 e. The predicted molar refractivity (Wildman–Crippen MR) is 81.9 cm³/mol. The standard InChI is InChI=1S/C15H22N2O2.ClH/c1-11-2-6-13(7-3-11)14(16)15(18)17-8-9-19-10-12-4-5-12;/h2-3,6-7,12,14H,4-5,8-10,16H2,1H3,(H,17,18);1H. The third-order valence-corrected chi connectivity index (χ3v) is 3.32. The molecule has 0 saturated heterocycles. The zero-order chi connectivity index (χ0) is 13.7. The Hall–Kier alpha value is -1.10. The fourth-order valence-electron chi connectivity index (χ4n) is 1.82. The van der Waals surface area contributed by atoms with E-state index < -0.39 is 6.04 Å². The molecule has 4 nitrogen and oxygen atoms in total. The number of hydrogen-bond acceptors (Lipinski definition) is 3. The van der Waals surface area contributed by atoms with Gasteiger partial charge < -0.3 is 15.8 Å². The molecule has 1 saturated carbocycles. The second kappa shape index (κ2) is 8.25. The number of amides is 1. The van der Waals surface area contributed by atoms with E-state index in [-0.39, 0.29) is 18.3 Å². The maximum atomic E-state index is 11.8. The van der Waals surface area contributed by atoms with Crippen LogP contribution in [0.5, 0.6) is 0 Å². The molecule has 1 fully saturated rings. The van der Waals surface area contributed by atoms with Crippen LogP contribution in [0.4, 0.5) is 0 Å². The van der Waals surface area contributed by atoms with Crippen molar-refractivity contribution in [1.82, 2.24) is 5.32 Å². The molecule has 5 heteroatoms. The van der Waals surface area contributed by atoms with Crippen LogP contribution in [0.3, 0.4) is 0 Å². The third-order valence-electron chi connectivity index (χ3n) is 3.32. The van der Waals surface area contributed by atoms with E-state index in [1.165, 1.54) is 12.8 Å². The maximum Gasteiger partial charge on any atom is 0.241 e. The molecule has 0 aromatic heterocycles. The van der Waals surface area contributed by atoms with E-state index in [0.717, 1.165) is 23.7 Å². The molecule has 1 aromatic carbocycles. The molecule has 0 aliphatic heterocycles. The van der Waals surface area contributed by atoms with Gasteiger partial charge in [-0.25, -0.2) is 0 Å². The second-order valence-corrected chi connectivity index (χ2v) is 5.20. The van der Waals surface area contributed by atoms with E-state index in [1.54, 1.807) is 0 Å². The lowest BCUT2D eigenvalue weighted by Gasteiger charge is -2.13. The monoisotopic (exact) mass is 298 g/mol. The van der Waals surface area contributed by atoms with Crippen molar-refractivity contribution in [1.29, 1.82) is 0 Å². The SMILES string of the molecule is Cc1ccc(C(N)C(=O)NCCOCC2CC2)cc1.Cl. The van der Waals surface area contributed by atoms with Crippen LogP contribution in [0.15, 0.2) is 24.3 Å². The molecule has 112 valence electrons. The Balaban J connectivity index is 0.00000200. The van der Waals surface area contributed by atoms with E-state index in [1.807, 2.05) is 31.2 Å². The van der Waals surface area contributed by atoms with Crippen LogP contribution >= 0.6 is 12.4 Å². The molecule has 0 heterocycles. The minimum atomic E-state index is -0.607. The first-order valence-electron chi connectivity index (χ1n) is 6.84. The molecular formula is C15H23ClN2O2. The van der Waals surface area contributed by atoms with Gasteiger partial charge in [-0.2, -0.15) is 0 Å². The summed E-state index contributed by atoms with van der Waals surface area (Å²) in [4.78, 5) is 11.8. The number of carbonyl (C=O) groups excluding carboxylic acids is 1. The lowest BCUT2D eigenvalue weighted by Crippen LogP contribution is -2.36. The van der Waals surface area contributed by atoms with E-state index in [0.29, 0.717) is 13.2 Å². The van der Waals surface area contributed by atoms with Crippen LogP contribution in [-0.4, -0.2) is 25.7 Å². The molecule has 1 atom stereocenters. The highest BCUT2D eigenvalue weighted by molar-refractivity contribution is 5.85. The van der Waals surface area contributed by atoms with Gasteiger partial charge in [0.25, 0.3) is 0 Å². The number of halogens is 1. The van der Waals surface area contributed by atoms with Crippen molar-refractivity contribution >= 4 is 18.3 Å². The van der Waals surface area contributed by atoms with Gasteiger partial charge in [-0.3, -0.25) is 4.79 Å². The van der Waals surface area contributed by atoms with Gasteiger partial charge in [-0.15, -0.1) is 12.4 Å². The van der Waals surface area contributed by atoms with Gasteiger partial charge in [0.15, 0.2) is 0 Å². The molecule has 20 heavy (non-hydrogen) atoms. The molecule has 1 aliphatic carbocycles. The summed E-state index contributed by atoms with van der Waals surface area (Å²) >= 11 is 0. The topological polar surface area (TPSA) is 64.4 Å². The number of hydrogen-bond donors (Lipinski definition) is 2. The first-order chi connectivity index (χ1) is 9.16. The van der Waals surface area contributed by atoms with Gasteiger partial charge in [0.05, 0.1) is 6.61 Å². The van der Waals surface area contributed by atoms with Gasteiger partial charge in [0.1, 0.15) is 6.04 Å². The van der Waals surface area contributed by atoms with E-state index in [9.17, 15) is 4.79 Å². The summed E-state index contributed by atoms with van der Waals surface area (Å²) in [5, 5.41) is 2.80. The largest absolute Gasteiger partial charge is 0.379 e. The van der Waals surface area contributed by atoms with E-state index in [2.05, 4.69) is 5.32 Å². The zero-order valence-corrected chi connectivity index (χ0v) is 12.6. The summed E-state index contributed by atoms with van der Waals surface area (Å²) < 4.78 is 5.45. The molecule has 0 spiro atoms. The van der Waals surface area contributed by atoms with Crippen molar-refractivity contribution in [3.63, 3.8) is 0 Å². The van der Waals surface area contributed by atoms with Gasteiger partial charge >= 0.3 is 0 Å². The quantitative estimate of drug-likeness (QED) is 0.756. The minimum Gasteiger partial charge on any atom is -0.379 e. The molecular weight excluding hydrogens is 276 g/mol. The molecule has 0 bridgehead atoms. The summed E-state index contributed by atoms with van der Waals surface area (Å²) in [5.41, 5.74) is 7.90. The highest BCUT2D eigenvalue weighted by Gasteiger charge is 2.21. The fourth-order valence-corrected chi connectivity index (χ4v) is 1.82. The maximum absolute atomic E-state index is 11.8. The molecule has 3 N–H and O–H groups in total. The first-order valence-corrected chi connectivity index (χ1v) is 6.84. The number of ether oxygens (including phenoxy) is 1. The molecule has 1 aromatic rings. The number of nitrogens with one attached hydrogen (secondary N) is 1. The lowest BCUT2D eigenvalue weighted by molar-refractivity contribution is -0.122. The molecule has 2 rings (SSSR count). The average molecular weight is 299 g/mol. The van der Waals surface area contributed by atoms with Crippen molar-refractivity contribution in [2.45, 2.75) is 25.8 Å². The Labute approximate surface area is 126 Å². The third kappa shape index (κ3) is 5.49. The number of benzene rings is 1. The Morgan fingerprint density at radius 1 is 1.40 bits per heavy atom. The van der Waals surface area contributed by atoms with Crippen LogP contribution in [-0.2, 0) is 9.53 Å². The first kappa shape index (κ1) is 17.0. The van der Waals surface area contributed by atoms with Crippen LogP contribution in [0.25, 0.3) is 0 Å². The average Bonchev–Trinajstić information content (AvgIpc) is 3.22. The molecule has 1 amide bonds. The summed E-state index contributed by atoms with van der Waals surface area (Å²) in [5.74, 6) is 0.601. The van der Waals surface area contributed by atoms with Gasteiger partial charge in [-0.05, 0) is 31.2 Å². The van der Waals surface area contributed by atoms with E-state index in [4.69, 9.17) is 10.5 Å². The molecule has 1 aliphatic rings. The summed E-state index contributed by atoms with van der Waals surface area (Å²) in [6.07, 6.45) is 2.56. The summed E-state index contributed by atoms with van der Waals surface area (Å²) in [6.45, 7) is 3.90. The summed E-state index contributed by atoms with van der Waals surface area (Å²) in [7, 11) is 0. The lowest BCUT2D eigenvalue weighted by atomic mass is 10.1. The van der Waals surface area contributed by atoms with Crippen LogP contribution in [0.1, 0.15) is 30.0 Å². The Morgan fingerprint density at radius 3 is 2.65 bits per heavy atom. The van der Waals surface area contributed by atoms with Crippen LogP contribution in [0, 0.1) is 12.8 Å². The van der Waals surface area contributed by atoms with Crippen LogP contribution < -0.4 is 11.1 Å². The van der Waals surface area contributed by atoms with Crippen molar-refractivity contribution in [3.8, 4) is 0 Å². The zero-order valence-electron chi connectivity index (χ0n) is 11.8. The van der Waals surface area contributed by atoms with Gasteiger partial charge in [-0.1, -0.05) is 29.8 Å². The van der Waals surface area contributed by atoms with Crippen molar-refractivity contribution in [3.05, 3.63) is 35.4 Å². The van der Waals surface area contributed by atoms with Crippen molar-refractivity contribution in [2.24, 2.45) is 11.7 Å². The predicted octanol–water partition coefficient (Wildman–Crippen LogP) is 1.96. The van der Waals surface area contributed by atoms with Gasteiger partial charge in [0.2, 0.25) is 5.91 Å². The number of rotatable bonds is 7. The normalized spacial score (nSPS) is 15.3. The summed E-state index contributed by atoms with van der Waals surface area (Å²) in [6, 6.07) is 7.10. The van der Waals surface area contributed by atoms with Crippen molar-refractivity contribution in [2.75, 3.05) is 19.8 Å². The Kier molecular flexibility index (Phi) is 6.99. The molecule has 0 radical (unpaired) electrons. The Morgan fingerprint density at radius 2 is 2.05 bits per heavy atom. The van der Waals surface area contributed by atoms with E-state index >= 15 is 0 Å². The Bertz CT molecular complexity index is 418. The van der Waals surface area contributed by atoms with Gasteiger partial charge in [0, 0.05) is 13.2 Å². The van der Waals surface area contributed by atoms with Crippen molar-refractivity contribution < 1.29 is 9.53 Å². The number of carbonyl (C=O) groups is 1. The fraction of sp³-hybridized carbons (Fsp3) is 0.533.